The second-order valence-corrected chi connectivity index (χ2v) is 7.83. The topological polar surface area (TPSA) is 92.3 Å². The summed E-state index contributed by atoms with van der Waals surface area (Å²) in [5.41, 5.74) is 1.78. The molecule has 0 saturated heterocycles. The van der Waals surface area contributed by atoms with Gasteiger partial charge < -0.3 is 5.32 Å². The quantitative estimate of drug-likeness (QED) is 0.800. The summed E-state index contributed by atoms with van der Waals surface area (Å²) < 4.78 is 26.4. The lowest BCUT2D eigenvalue weighted by atomic mass is 10.1. The van der Waals surface area contributed by atoms with Crippen LogP contribution in [0, 0.1) is 6.92 Å². The number of benzene rings is 1. The number of nitrogens with one attached hydrogen (secondary N) is 1. The second-order valence-electron chi connectivity index (χ2n) is 5.90. The van der Waals surface area contributed by atoms with E-state index in [0.29, 0.717) is 13.1 Å². The smallest absolute Gasteiger partial charge is 0.271 e. The molecule has 8 heteroatoms. The summed E-state index contributed by atoms with van der Waals surface area (Å²) in [5, 5.41) is 2.83. The van der Waals surface area contributed by atoms with Crippen LogP contribution < -0.4 is 5.32 Å². The van der Waals surface area contributed by atoms with E-state index in [0.717, 1.165) is 11.3 Å². The zero-order valence-electron chi connectivity index (χ0n) is 15.4. The number of nitrogens with zero attached hydrogens (tertiary/aromatic N) is 3. The molecule has 140 valence electrons. The van der Waals surface area contributed by atoms with Crippen LogP contribution in [0.4, 0.5) is 0 Å². The van der Waals surface area contributed by atoms with E-state index < -0.39 is 10.0 Å². The average molecular weight is 376 g/mol. The monoisotopic (exact) mass is 376 g/mol. The maximum atomic E-state index is 12.5. The Morgan fingerprint density at radius 3 is 2.23 bits per heavy atom. The van der Waals surface area contributed by atoms with Crippen molar-refractivity contribution in [2.24, 2.45) is 0 Å². The molecule has 1 amide bonds. The van der Waals surface area contributed by atoms with E-state index in [1.807, 2.05) is 6.92 Å². The number of sulfonamides is 1. The minimum absolute atomic E-state index is 0.239. The highest BCUT2D eigenvalue weighted by Crippen LogP contribution is 2.19. The number of amides is 1. The van der Waals surface area contributed by atoms with Crippen molar-refractivity contribution in [3.8, 4) is 0 Å². The lowest BCUT2D eigenvalue weighted by Crippen LogP contribution is -2.30. The third kappa shape index (κ3) is 4.44. The fourth-order valence-corrected chi connectivity index (χ4v) is 3.96. The molecule has 26 heavy (non-hydrogen) atoms. The number of hydrogen-bond acceptors (Lipinski definition) is 5. The predicted molar refractivity (Wildman–Crippen MR) is 99.2 cm³/mol. The van der Waals surface area contributed by atoms with Gasteiger partial charge in [0.05, 0.1) is 22.8 Å². The standard InChI is InChI=1S/C18H24N4O3S/c1-5-22(6-2)26(24,25)16-9-7-15(8-10-16)14(4)21-18(23)17-12-19-13(3)11-20-17/h7-12,14H,5-6H2,1-4H3,(H,21,23)/t14-/m1/s1. The molecule has 0 unspecified atom stereocenters. The minimum Gasteiger partial charge on any atom is -0.344 e. The van der Waals surface area contributed by atoms with Gasteiger partial charge in [0, 0.05) is 19.3 Å². The normalized spacial score (nSPS) is 12.8. The number of hydrogen-bond donors (Lipinski definition) is 1. The fourth-order valence-electron chi connectivity index (χ4n) is 2.50. The highest BCUT2D eigenvalue weighted by molar-refractivity contribution is 7.89. The third-order valence-electron chi connectivity index (χ3n) is 4.08. The van der Waals surface area contributed by atoms with Crippen molar-refractivity contribution in [3.05, 3.63) is 53.6 Å². The molecule has 2 rings (SSSR count). The molecule has 1 heterocycles. The van der Waals surface area contributed by atoms with Crippen molar-refractivity contribution in [1.29, 1.82) is 0 Å². The van der Waals surface area contributed by atoms with Crippen LogP contribution in [-0.2, 0) is 10.0 Å². The van der Waals surface area contributed by atoms with Crippen molar-refractivity contribution in [1.82, 2.24) is 19.6 Å². The maximum absolute atomic E-state index is 12.5. The molecular weight excluding hydrogens is 352 g/mol. The number of aromatic nitrogens is 2. The van der Waals surface area contributed by atoms with Gasteiger partial charge in [-0.3, -0.25) is 9.78 Å². The van der Waals surface area contributed by atoms with E-state index in [1.165, 1.54) is 16.7 Å². The molecule has 0 saturated carbocycles. The first-order chi connectivity index (χ1) is 12.3. The van der Waals surface area contributed by atoms with E-state index in [2.05, 4.69) is 15.3 Å². The zero-order valence-corrected chi connectivity index (χ0v) is 16.2. The van der Waals surface area contributed by atoms with Crippen LogP contribution in [-0.4, -0.2) is 41.7 Å². The Morgan fingerprint density at radius 2 is 1.73 bits per heavy atom. The molecule has 2 aromatic rings. The van der Waals surface area contributed by atoms with Gasteiger partial charge in [0.25, 0.3) is 5.91 Å². The zero-order chi connectivity index (χ0) is 19.3. The highest BCUT2D eigenvalue weighted by Gasteiger charge is 2.21. The molecular formula is C18H24N4O3S. The van der Waals surface area contributed by atoms with E-state index in [9.17, 15) is 13.2 Å². The number of aryl methyl sites for hydroxylation is 1. The van der Waals surface area contributed by atoms with Crippen LogP contribution in [0.25, 0.3) is 0 Å². The fraction of sp³-hybridized carbons (Fsp3) is 0.389. The Kier molecular flexibility index (Phi) is 6.44. The Hall–Kier alpha value is -2.32. The maximum Gasteiger partial charge on any atom is 0.271 e. The summed E-state index contributed by atoms with van der Waals surface area (Å²) >= 11 is 0. The summed E-state index contributed by atoms with van der Waals surface area (Å²) in [7, 11) is -3.49. The van der Waals surface area contributed by atoms with Gasteiger partial charge in [-0.15, -0.1) is 0 Å². The molecule has 0 radical (unpaired) electrons. The lowest BCUT2D eigenvalue weighted by molar-refractivity contribution is 0.0934. The van der Waals surface area contributed by atoms with Crippen molar-refractivity contribution < 1.29 is 13.2 Å². The van der Waals surface area contributed by atoms with Gasteiger partial charge in [0.2, 0.25) is 10.0 Å². The average Bonchev–Trinajstić information content (AvgIpc) is 2.63. The van der Waals surface area contributed by atoms with Gasteiger partial charge in [0.15, 0.2) is 0 Å². The molecule has 0 fully saturated rings. The van der Waals surface area contributed by atoms with Crippen molar-refractivity contribution in [2.45, 2.75) is 38.6 Å². The van der Waals surface area contributed by atoms with E-state index >= 15 is 0 Å². The van der Waals surface area contributed by atoms with Crippen molar-refractivity contribution in [3.63, 3.8) is 0 Å². The Labute approximate surface area is 154 Å². The first kappa shape index (κ1) is 20.0. The van der Waals surface area contributed by atoms with Crippen molar-refractivity contribution >= 4 is 15.9 Å². The van der Waals surface area contributed by atoms with Crippen LogP contribution in [0.15, 0.2) is 41.6 Å². The number of carbonyl (C=O) groups excluding carboxylic acids is 1. The Bertz CT molecular complexity index is 845. The summed E-state index contributed by atoms with van der Waals surface area (Å²) in [6, 6.07) is 6.26. The van der Waals surface area contributed by atoms with E-state index in [1.54, 1.807) is 45.0 Å². The lowest BCUT2D eigenvalue weighted by Gasteiger charge is -2.19. The minimum atomic E-state index is -3.49. The molecule has 1 atom stereocenters. The summed E-state index contributed by atoms with van der Waals surface area (Å²) in [5.74, 6) is -0.329. The number of rotatable bonds is 7. The molecule has 1 N–H and O–H groups in total. The first-order valence-corrected chi connectivity index (χ1v) is 9.93. The van der Waals surface area contributed by atoms with E-state index in [4.69, 9.17) is 0 Å². The van der Waals surface area contributed by atoms with Crippen LogP contribution in [0.1, 0.15) is 48.6 Å². The predicted octanol–water partition coefficient (Wildman–Crippen LogP) is 2.31. The molecule has 0 aliphatic heterocycles. The van der Waals surface area contributed by atoms with Crippen LogP contribution in [0.2, 0.25) is 0 Å². The van der Waals surface area contributed by atoms with Crippen LogP contribution in [0.3, 0.4) is 0 Å². The summed E-state index contributed by atoms with van der Waals surface area (Å²) in [6.45, 7) is 8.08. The van der Waals surface area contributed by atoms with Gasteiger partial charge in [-0.25, -0.2) is 13.4 Å². The summed E-state index contributed by atoms with van der Waals surface area (Å²) in [4.78, 5) is 20.6. The van der Waals surface area contributed by atoms with Gasteiger partial charge in [-0.05, 0) is 31.5 Å². The largest absolute Gasteiger partial charge is 0.344 e. The molecule has 1 aromatic heterocycles. The third-order valence-corrected chi connectivity index (χ3v) is 6.15. The molecule has 0 spiro atoms. The van der Waals surface area contributed by atoms with Gasteiger partial charge >= 0.3 is 0 Å². The number of carbonyl (C=O) groups is 1. The summed E-state index contributed by atoms with van der Waals surface area (Å²) in [6.07, 6.45) is 2.96. The van der Waals surface area contributed by atoms with Crippen LogP contribution >= 0.6 is 0 Å². The van der Waals surface area contributed by atoms with Gasteiger partial charge in [0.1, 0.15) is 5.69 Å². The Morgan fingerprint density at radius 1 is 1.12 bits per heavy atom. The second kappa shape index (κ2) is 8.37. The first-order valence-electron chi connectivity index (χ1n) is 8.49. The highest BCUT2D eigenvalue weighted by atomic mass is 32.2. The van der Waals surface area contributed by atoms with E-state index in [-0.39, 0.29) is 22.5 Å². The van der Waals surface area contributed by atoms with Crippen molar-refractivity contribution in [2.75, 3.05) is 13.1 Å². The molecule has 0 bridgehead atoms. The SMILES string of the molecule is CCN(CC)S(=O)(=O)c1ccc([C@@H](C)NC(=O)c2cnc(C)cn2)cc1. The van der Waals surface area contributed by atoms with Crippen LogP contribution in [0.5, 0.6) is 0 Å². The molecule has 7 nitrogen and oxygen atoms in total. The Balaban J connectivity index is 2.12. The van der Waals surface area contributed by atoms with Gasteiger partial charge in [-0.2, -0.15) is 4.31 Å². The molecule has 0 aliphatic carbocycles. The molecule has 1 aromatic carbocycles. The van der Waals surface area contributed by atoms with Gasteiger partial charge in [-0.1, -0.05) is 26.0 Å². The molecule has 0 aliphatic rings.